The summed E-state index contributed by atoms with van der Waals surface area (Å²) in [7, 11) is 0. The van der Waals surface area contributed by atoms with Crippen molar-refractivity contribution < 1.29 is 4.39 Å². The first kappa shape index (κ1) is 11.2. The Morgan fingerprint density at radius 2 is 1.93 bits per heavy atom. The van der Waals surface area contributed by atoms with E-state index < -0.39 is 0 Å². The van der Waals surface area contributed by atoms with Crippen molar-refractivity contribution in [2.45, 2.75) is 32.6 Å². The van der Waals surface area contributed by atoms with Crippen LogP contribution in [0.25, 0.3) is 0 Å². The van der Waals surface area contributed by atoms with E-state index in [0.29, 0.717) is 12.5 Å². The van der Waals surface area contributed by atoms with Gasteiger partial charge < -0.3 is 5.73 Å². The van der Waals surface area contributed by atoms with Crippen LogP contribution in [0.5, 0.6) is 0 Å². The van der Waals surface area contributed by atoms with Crippen molar-refractivity contribution in [1.82, 2.24) is 0 Å². The van der Waals surface area contributed by atoms with Crippen molar-refractivity contribution in [2.24, 2.45) is 5.73 Å². The summed E-state index contributed by atoms with van der Waals surface area (Å²) in [5.41, 5.74) is 7.44. The summed E-state index contributed by atoms with van der Waals surface area (Å²) in [6.07, 6.45) is 0. The zero-order valence-electron chi connectivity index (χ0n) is 9.05. The van der Waals surface area contributed by atoms with Crippen LogP contribution in [0.2, 0.25) is 0 Å². The van der Waals surface area contributed by atoms with Gasteiger partial charge in [-0.1, -0.05) is 32.9 Å². The zero-order valence-corrected chi connectivity index (χ0v) is 9.05. The van der Waals surface area contributed by atoms with Gasteiger partial charge in [0.15, 0.2) is 0 Å². The topological polar surface area (TPSA) is 26.0 Å². The molecule has 78 valence electrons. The molecule has 0 aliphatic rings. The Balaban J connectivity index is 3.08. The summed E-state index contributed by atoms with van der Waals surface area (Å²) < 4.78 is 13.4. The fraction of sp³-hybridized carbons (Fsp3) is 0.500. The lowest BCUT2D eigenvalue weighted by Crippen LogP contribution is -2.11. The van der Waals surface area contributed by atoms with Crippen LogP contribution in [-0.2, 0) is 0 Å². The average molecular weight is 195 g/mol. The van der Waals surface area contributed by atoms with Crippen LogP contribution in [0.4, 0.5) is 4.39 Å². The van der Waals surface area contributed by atoms with Crippen molar-refractivity contribution in [1.29, 1.82) is 0 Å². The van der Waals surface area contributed by atoms with Crippen molar-refractivity contribution in [3.05, 3.63) is 35.1 Å². The highest BCUT2D eigenvalue weighted by atomic mass is 19.1. The van der Waals surface area contributed by atoms with Gasteiger partial charge in [-0.15, -0.1) is 0 Å². The number of benzene rings is 1. The van der Waals surface area contributed by atoms with Gasteiger partial charge in [-0.3, -0.25) is 0 Å². The van der Waals surface area contributed by atoms with E-state index in [2.05, 4.69) is 13.8 Å². The molecule has 2 N–H and O–H groups in total. The monoisotopic (exact) mass is 195 g/mol. The maximum atomic E-state index is 13.4. The number of halogens is 1. The molecule has 0 aromatic heterocycles. The Bertz CT molecular complexity index is 307. The Morgan fingerprint density at radius 1 is 1.29 bits per heavy atom. The molecule has 1 unspecified atom stereocenters. The molecule has 1 rings (SSSR count). The number of hydrogen-bond donors (Lipinski definition) is 1. The second-order valence-electron chi connectivity index (χ2n) is 4.07. The summed E-state index contributed by atoms with van der Waals surface area (Å²) in [6.45, 7) is 6.63. The van der Waals surface area contributed by atoms with E-state index >= 15 is 0 Å². The van der Waals surface area contributed by atoms with Crippen LogP contribution < -0.4 is 5.73 Å². The fourth-order valence-electron chi connectivity index (χ4n) is 1.43. The van der Waals surface area contributed by atoms with Gasteiger partial charge in [0.05, 0.1) is 0 Å². The largest absolute Gasteiger partial charge is 0.330 e. The van der Waals surface area contributed by atoms with E-state index in [1.165, 1.54) is 11.6 Å². The maximum absolute atomic E-state index is 13.4. The van der Waals surface area contributed by atoms with Crippen molar-refractivity contribution in [2.75, 3.05) is 6.54 Å². The minimum atomic E-state index is -0.146. The highest BCUT2D eigenvalue weighted by Gasteiger charge is 2.11. The lowest BCUT2D eigenvalue weighted by molar-refractivity contribution is 0.588. The molecule has 0 saturated carbocycles. The number of rotatable bonds is 3. The van der Waals surface area contributed by atoms with E-state index in [-0.39, 0.29) is 11.7 Å². The first-order valence-corrected chi connectivity index (χ1v) is 5.05. The van der Waals surface area contributed by atoms with Gasteiger partial charge in [0.2, 0.25) is 0 Å². The third-order valence-corrected chi connectivity index (χ3v) is 2.57. The van der Waals surface area contributed by atoms with Crippen LogP contribution in [-0.4, -0.2) is 6.54 Å². The average Bonchev–Trinajstić information content (AvgIpc) is 2.17. The molecule has 1 atom stereocenters. The standard InChI is InChI=1S/C12H18FN/c1-8(2)10-4-5-12(13)11(6-10)9(3)7-14/h4-6,8-9H,7,14H2,1-3H3. The summed E-state index contributed by atoms with van der Waals surface area (Å²) in [4.78, 5) is 0. The molecule has 0 saturated heterocycles. The van der Waals surface area contributed by atoms with E-state index in [1.54, 1.807) is 0 Å². The Morgan fingerprint density at radius 3 is 2.43 bits per heavy atom. The third-order valence-electron chi connectivity index (χ3n) is 2.57. The summed E-state index contributed by atoms with van der Waals surface area (Å²) in [6, 6.07) is 5.31. The van der Waals surface area contributed by atoms with Crippen LogP contribution >= 0.6 is 0 Å². The van der Waals surface area contributed by atoms with Crippen LogP contribution in [0.3, 0.4) is 0 Å². The summed E-state index contributed by atoms with van der Waals surface area (Å²) in [5, 5.41) is 0. The minimum absolute atomic E-state index is 0.0914. The molecule has 1 aromatic rings. The van der Waals surface area contributed by atoms with Crippen LogP contribution in [0.15, 0.2) is 18.2 Å². The molecular weight excluding hydrogens is 177 g/mol. The summed E-state index contributed by atoms with van der Waals surface area (Å²) >= 11 is 0. The molecule has 0 aliphatic carbocycles. The molecule has 0 bridgehead atoms. The first-order chi connectivity index (χ1) is 6.56. The maximum Gasteiger partial charge on any atom is 0.126 e. The highest BCUT2D eigenvalue weighted by Crippen LogP contribution is 2.23. The molecule has 2 heteroatoms. The molecule has 14 heavy (non-hydrogen) atoms. The predicted octanol–water partition coefficient (Wildman–Crippen LogP) is 3.01. The molecule has 0 aliphatic heterocycles. The normalized spacial score (nSPS) is 13.3. The van der Waals surface area contributed by atoms with Crippen molar-refractivity contribution in [3.8, 4) is 0 Å². The highest BCUT2D eigenvalue weighted by molar-refractivity contribution is 5.29. The predicted molar refractivity (Wildman–Crippen MR) is 58.0 cm³/mol. The molecule has 0 radical (unpaired) electrons. The van der Waals surface area contributed by atoms with Gasteiger partial charge in [-0.05, 0) is 35.6 Å². The van der Waals surface area contributed by atoms with Crippen molar-refractivity contribution >= 4 is 0 Å². The first-order valence-electron chi connectivity index (χ1n) is 5.05. The number of nitrogens with two attached hydrogens (primary N) is 1. The van der Waals surface area contributed by atoms with Gasteiger partial charge in [-0.25, -0.2) is 4.39 Å². The van der Waals surface area contributed by atoms with E-state index in [9.17, 15) is 4.39 Å². The van der Waals surface area contributed by atoms with E-state index in [1.807, 2.05) is 19.1 Å². The number of hydrogen-bond acceptors (Lipinski definition) is 1. The Labute approximate surface area is 85.1 Å². The molecule has 0 amide bonds. The van der Waals surface area contributed by atoms with Gasteiger partial charge in [-0.2, -0.15) is 0 Å². The lowest BCUT2D eigenvalue weighted by atomic mass is 9.94. The second kappa shape index (κ2) is 4.56. The van der Waals surface area contributed by atoms with Gasteiger partial charge in [0.1, 0.15) is 5.82 Å². The van der Waals surface area contributed by atoms with Crippen molar-refractivity contribution in [3.63, 3.8) is 0 Å². The van der Waals surface area contributed by atoms with Gasteiger partial charge in [0, 0.05) is 0 Å². The molecule has 0 fully saturated rings. The molecule has 0 heterocycles. The second-order valence-corrected chi connectivity index (χ2v) is 4.07. The molecule has 0 spiro atoms. The van der Waals surface area contributed by atoms with Crippen LogP contribution in [0.1, 0.15) is 43.7 Å². The SMILES string of the molecule is CC(C)c1ccc(F)c(C(C)CN)c1. The van der Waals surface area contributed by atoms with E-state index in [0.717, 1.165) is 5.56 Å². The minimum Gasteiger partial charge on any atom is -0.330 e. The quantitative estimate of drug-likeness (QED) is 0.788. The molecular formula is C12H18FN. The van der Waals surface area contributed by atoms with Gasteiger partial charge >= 0.3 is 0 Å². The zero-order chi connectivity index (χ0) is 10.7. The lowest BCUT2D eigenvalue weighted by Gasteiger charge is -2.13. The fourth-order valence-corrected chi connectivity index (χ4v) is 1.43. The van der Waals surface area contributed by atoms with E-state index in [4.69, 9.17) is 5.73 Å². The smallest absolute Gasteiger partial charge is 0.126 e. The Kier molecular flexibility index (Phi) is 3.64. The van der Waals surface area contributed by atoms with Crippen LogP contribution in [0, 0.1) is 5.82 Å². The molecule has 1 aromatic carbocycles. The summed E-state index contributed by atoms with van der Waals surface area (Å²) in [5.74, 6) is 0.375. The Hall–Kier alpha value is -0.890. The molecule has 1 nitrogen and oxygen atoms in total. The van der Waals surface area contributed by atoms with Gasteiger partial charge in [0.25, 0.3) is 0 Å². The third kappa shape index (κ3) is 2.32.